The van der Waals surface area contributed by atoms with Gasteiger partial charge in [-0.25, -0.2) is 0 Å². The Hall–Kier alpha value is -1.47. The molecule has 1 saturated heterocycles. The van der Waals surface area contributed by atoms with Gasteiger partial charge < -0.3 is 14.9 Å². The van der Waals surface area contributed by atoms with Crippen molar-refractivity contribution in [1.82, 2.24) is 9.88 Å². The number of carbonyl (C=O) groups is 1. The van der Waals surface area contributed by atoms with Crippen LogP contribution in [0.1, 0.15) is 19.3 Å². The Balaban J connectivity index is 1.65. The Labute approximate surface area is 137 Å². The topological polar surface area (TPSA) is 56.7 Å². The van der Waals surface area contributed by atoms with Crippen LogP contribution in [0.5, 0.6) is 0 Å². The summed E-state index contributed by atoms with van der Waals surface area (Å²) in [6.45, 7) is 1.15. The number of pyridine rings is 1. The number of anilines is 1. The standard InChI is InChI=1S/C15H18ClF2N3O2/c16-11-10-19-5-2-12(11)20-6-8-21(9-7-20)13(22)15(17,18)14(23)3-1-4-14/h2,5,10,23H,1,3-4,6-9H2. The number of hydrogen-bond acceptors (Lipinski definition) is 4. The molecular formula is C15H18ClF2N3O2. The predicted octanol–water partition coefficient (Wildman–Crippen LogP) is 1.93. The van der Waals surface area contributed by atoms with Gasteiger partial charge in [0.25, 0.3) is 5.91 Å². The molecule has 1 aromatic rings. The molecule has 126 valence electrons. The van der Waals surface area contributed by atoms with Crippen molar-refractivity contribution < 1.29 is 18.7 Å². The molecule has 0 bridgehead atoms. The van der Waals surface area contributed by atoms with Crippen LogP contribution < -0.4 is 4.90 Å². The van der Waals surface area contributed by atoms with Crippen LogP contribution in [0, 0.1) is 0 Å². The highest BCUT2D eigenvalue weighted by atomic mass is 35.5. The van der Waals surface area contributed by atoms with Crippen LogP contribution in [0.15, 0.2) is 18.5 Å². The molecule has 1 aliphatic heterocycles. The van der Waals surface area contributed by atoms with Gasteiger partial charge in [-0.05, 0) is 25.3 Å². The van der Waals surface area contributed by atoms with Gasteiger partial charge in [0.05, 0.1) is 10.7 Å². The molecule has 3 rings (SSSR count). The lowest BCUT2D eigenvalue weighted by Gasteiger charge is -2.44. The Bertz CT molecular complexity index is 602. The summed E-state index contributed by atoms with van der Waals surface area (Å²) < 4.78 is 28.5. The summed E-state index contributed by atoms with van der Waals surface area (Å²) in [5.41, 5.74) is -1.39. The number of aliphatic hydroxyl groups is 1. The second kappa shape index (κ2) is 5.87. The molecule has 2 heterocycles. The molecule has 1 aromatic heterocycles. The molecule has 0 unspecified atom stereocenters. The van der Waals surface area contributed by atoms with Crippen LogP contribution in [0.25, 0.3) is 0 Å². The van der Waals surface area contributed by atoms with Gasteiger partial charge in [-0.15, -0.1) is 0 Å². The first-order valence-corrected chi connectivity index (χ1v) is 7.97. The Morgan fingerprint density at radius 3 is 2.48 bits per heavy atom. The minimum atomic E-state index is -3.72. The van der Waals surface area contributed by atoms with Gasteiger partial charge in [0.15, 0.2) is 0 Å². The molecule has 0 atom stereocenters. The molecule has 2 fully saturated rings. The number of aromatic nitrogens is 1. The Morgan fingerprint density at radius 2 is 1.96 bits per heavy atom. The van der Waals surface area contributed by atoms with Gasteiger partial charge in [-0.3, -0.25) is 9.78 Å². The molecule has 1 saturated carbocycles. The highest BCUT2D eigenvalue weighted by Crippen LogP contribution is 2.45. The van der Waals surface area contributed by atoms with Crippen molar-refractivity contribution in [2.75, 3.05) is 31.1 Å². The summed E-state index contributed by atoms with van der Waals surface area (Å²) in [5, 5.41) is 10.4. The fraction of sp³-hybridized carbons (Fsp3) is 0.600. The highest BCUT2D eigenvalue weighted by Gasteiger charge is 2.62. The molecular weight excluding hydrogens is 328 g/mol. The SMILES string of the molecule is O=C(N1CCN(c2ccncc2Cl)CC1)C(F)(F)C1(O)CCC1. The highest BCUT2D eigenvalue weighted by molar-refractivity contribution is 6.33. The van der Waals surface area contributed by atoms with Crippen LogP contribution in [-0.4, -0.2) is 58.6 Å². The van der Waals surface area contributed by atoms with Crippen molar-refractivity contribution in [2.45, 2.75) is 30.8 Å². The molecule has 0 aromatic carbocycles. The maximum absolute atomic E-state index is 14.2. The van der Waals surface area contributed by atoms with Gasteiger partial charge in [0.2, 0.25) is 0 Å². The van der Waals surface area contributed by atoms with Crippen LogP contribution >= 0.6 is 11.6 Å². The normalized spacial score (nSPS) is 21.0. The lowest BCUT2D eigenvalue weighted by molar-refractivity contribution is -0.223. The monoisotopic (exact) mass is 345 g/mol. The molecule has 8 heteroatoms. The summed E-state index contributed by atoms with van der Waals surface area (Å²) in [5.74, 6) is -5.00. The molecule has 1 aliphatic carbocycles. The number of hydrogen-bond donors (Lipinski definition) is 1. The van der Waals surface area contributed by atoms with Crippen molar-refractivity contribution in [3.05, 3.63) is 23.5 Å². The van der Waals surface area contributed by atoms with Gasteiger partial charge in [0, 0.05) is 38.6 Å². The molecule has 0 spiro atoms. The average Bonchev–Trinajstić information content (AvgIpc) is 2.52. The maximum Gasteiger partial charge on any atom is 0.352 e. The summed E-state index contributed by atoms with van der Waals surface area (Å²) in [6, 6.07) is 1.76. The van der Waals surface area contributed by atoms with Crippen molar-refractivity contribution >= 4 is 23.2 Å². The second-order valence-corrected chi connectivity index (χ2v) is 6.47. The van der Waals surface area contributed by atoms with Gasteiger partial charge in [-0.1, -0.05) is 11.6 Å². The lowest BCUT2D eigenvalue weighted by atomic mass is 9.75. The number of nitrogens with zero attached hydrogens (tertiary/aromatic N) is 3. The van der Waals surface area contributed by atoms with E-state index < -0.39 is 17.4 Å². The zero-order valence-corrected chi connectivity index (χ0v) is 13.3. The maximum atomic E-state index is 14.2. The van der Waals surface area contributed by atoms with E-state index in [4.69, 9.17) is 11.6 Å². The minimum absolute atomic E-state index is 0.0294. The van der Waals surface area contributed by atoms with Crippen LogP contribution in [0.4, 0.5) is 14.5 Å². The third-order valence-corrected chi connectivity index (χ3v) is 4.98. The van der Waals surface area contributed by atoms with E-state index in [1.54, 1.807) is 12.3 Å². The molecule has 5 nitrogen and oxygen atoms in total. The zero-order valence-electron chi connectivity index (χ0n) is 12.5. The summed E-state index contributed by atoms with van der Waals surface area (Å²) in [4.78, 5) is 19.1. The van der Waals surface area contributed by atoms with Crippen LogP contribution in [0.2, 0.25) is 5.02 Å². The second-order valence-electron chi connectivity index (χ2n) is 6.07. The number of alkyl halides is 2. The van der Waals surface area contributed by atoms with E-state index in [9.17, 15) is 18.7 Å². The van der Waals surface area contributed by atoms with E-state index in [0.29, 0.717) is 24.5 Å². The van der Waals surface area contributed by atoms with Crippen molar-refractivity contribution in [2.24, 2.45) is 0 Å². The van der Waals surface area contributed by atoms with E-state index in [1.807, 2.05) is 4.90 Å². The quantitative estimate of drug-likeness (QED) is 0.909. The first-order valence-electron chi connectivity index (χ1n) is 7.59. The third kappa shape index (κ3) is 2.76. The fourth-order valence-corrected chi connectivity index (χ4v) is 3.24. The Morgan fingerprint density at radius 1 is 1.30 bits per heavy atom. The minimum Gasteiger partial charge on any atom is -0.383 e. The fourth-order valence-electron chi connectivity index (χ4n) is 3.00. The first-order chi connectivity index (χ1) is 10.8. The number of amides is 1. The van der Waals surface area contributed by atoms with E-state index in [0.717, 1.165) is 10.6 Å². The van der Waals surface area contributed by atoms with Crippen molar-refractivity contribution in [3.8, 4) is 0 Å². The lowest BCUT2D eigenvalue weighted by Crippen LogP contribution is -2.63. The summed E-state index contributed by atoms with van der Waals surface area (Å²) in [7, 11) is 0. The van der Waals surface area contributed by atoms with Crippen LogP contribution in [-0.2, 0) is 4.79 Å². The smallest absolute Gasteiger partial charge is 0.352 e. The molecule has 2 aliphatic rings. The number of piperazine rings is 1. The summed E-state index contributed by atoms with van der Waals surface area (Å²) >= 11 is 6.08. The van der Waals surface area contributed by atoms with Gasteiger partial charge in [-0.2, -0.15) is 8.78 Å². The number of carbonyl (C=O) groups excluding carboxylic acids is 1. The molecule has 1 amide bonds. The molecule has 1 N–H and O–H groups in total. The first kappa shape index (κ1) is 16.4. The van der Waals surface area contributed by atoms with E-state index in [2.05, 4.69) is 4.98 Å². The van der Waals surface area contributed by atoms with E-state index >= 15 is 0 Å². The van der Waals surface area contributed by atoms with Crippen molar-refractivity contribution in [3.63, 3.8) is 0 Å². The van der Waals surface area contributed by atoms with Crippen molar-refractivity contribution in [1.29, 1.82) is 0 Å². The third-order valence-electron chi connectivity index (χ3n) is 4.69. The molecule has 0 radical (unpaired) electrons. The summed E-state index contributed by atoms with van der Waals surface area (Å²) in [6.07, 6.45) is 3.60. The average molecular weight is 346 g/mol. The largest absolute Gasteiger partial charge is 0.383 e. The molecule has 23 heavy (non-hydrogen) atoms. The zero-order chi connectivity index (χ0) is 16.7. The van der Waals surface area contributed by atoms with Gasteiger partial charge in [0.1, 0.15) is 5.60 Å². The van der Waals surface area contributed by atoms with E-state index in [-0.39, 0.29) is 25.9 Å². The van der Waals surface area contributed by atoms with E-state index in [1.165, 1.54) is 6.20 Å². The Kier molecular flexibility index (Phi) is 4.18. The van der Waals surface area contributed by atoms with Crippen LogP contribution in [0.3, 0.4) is 0 Å². The number of halogens is 3. The predicted molar refractivity (Wildman–Crippen MR) is 81.8 cm³/mol. The van der Waals surface area contributed by atoms with Gasteiger partial charge >= 0.3 is 5.92 Å². The number of rotatable bonds is 3.